The van der Waals surface area contributed by atoms with Crippen molar-refractivity contribution >= 4 is 0 Å². The molecule has 0 saturated carbocycles. The summed E-state index contributed by atoms with van der Waals surface area (Å²) >= 11 is 0. The Bertz CT molecular complexity index is 270. The van der Waals surface area contributed by atoms with E-state index in [4.69, 9.17) is 5.73 Å². The Balaban J connectivity index is 2.63. The first-order valence-corrected chi connectivity index (χ1v) is 6.14. The Morgan fingerprint density at radius 3 is 2.38 bits per heavy atom. The van der Waals surface area contributed by atoms with Crippen molar-refractivity contribution in [3.63, 3.8) is 0 Å². The molecule has 1 aromatic rings. The molecule has 0 aromatic carbocycles. The summed E-state index contributed by atoms with van der Waals surface area (Å²) in [5.74, 6) is 0. The lowest BCUT2D eigenvalue weighted by atomic mass is 10.1. The molecule has 0 unspecified atom stereocenters. The molecule has 90 valence electrons. The van der Waals surface area contributed by atoms with Crippen LogP contribution in [0.3, 0.4) is 0 Å². The smallest absolute Gasteiger partial charge is 0.0271 e. The first-order chi connectivity index (χ1) is 7.81. The SMILES string of the molecule is CCC(CC)N(CCN)Cc1ccncc1. The molecule has 0 aliphatic carbocycles. The number of aromatic nitrogens is 1. The van der Waals surface area contributed by atoms with Gasteiger partial charge in [0.2, 0.25) is 0 Å². The maximum Gasteiger partial charge on any atom is 0.0271 e. The quantitative estimate of drug-likeness (QED) is 0.766. The first-order valence-electron chi connectivity index (χ1n) is 6.14. The van der Waals surface area contributed by atoms with Crippen LogP contribution in [0, 0.1) is 0 Å². The third-order valence-electron chi connectivity index (χ3n) is 3.01. The number of pyridine rings is 1. The lowest BCUT2D eigenvalue weighted by Gasteiger charge is -2.30. The van der Waals surface area contributed by atoms with E-state index in [-0.39, 0.29) is 0 Å². The molecule has 3 nitrogen and oxygen atoms in total. The monoisotopic (exact) mass is 221 g/mol. The standard InChI is InChI=1S/C13H23N3/c1-3-13(4-2)16(10-7-14)11-12-5-8-15-9-6-12/h5-6,8-9,13H,3-4,7,10-11,14H2,1-2H3. The average Bonchev–Trinajstić information content (AvgIpc) is 2.32. The van der Waals surface area contributed by atoms with Crippen molar-refractivity contribution < 1.29 is 0 Å². The third kappa shape index (κ3) is 3.91. The summed E-state index contributed by atoms with van der Waals surface area (Å²) in [6.45, 7) is 7.15. The fourth-order valence-corrected chi connectivity index (χ4v) is 2.08. The molecule has 0 aliphatic rings. The van der Waals surface area contributed by atoms with Crippen LogP contribution in [0.1, 0.15) is 32.3 Å². The predicted octanol–water partition coefficient (Wildman–Crippen LogP) is 2.03. The van der Waals surface area contributed by atoms with Crippen LogP contribution >= 0.6 is 0 Å². The van der Waals surface area contributed by atoms with Gasteiger partial charge in [0.05, 0.1) is 0 Å². The lowest BCUT2D eigenvalue weighted by Crippen LogP contribution is -2.37. The van der Waals surface area contributed by atoms with Gasteiger partial charge >= 0.3 is 0 Å². The molecule has 0 radical (unpaired) electrons. The van der Waals surface area contributed by atoms with E-state index >= 15 is 0 Å². The van der Waals surface area contributed by atoms with Crippen LogP contribution in [0.4, 0.5) is 0 Å². The highest BCUT2D eigenvalue weighted by atomic mass is 15.2. The van der Waals surface area contributed by atoms with Gasteiger partial charge in [-0.15, -0.1) is 0 Å². The van der Waals surface area contributed by atoms with Gasteiger partial charge in [-0.1, -0.05) is 13.8 Å². The zero-order chi connectivity index (χ0) is 11.8. The van der Waals surface area contributed by atoms with Crippen molar-refractivity contribution in [3.05, 3.63) is 30.1 Å². The maximum absolute atomic E-state index is 5.68. The third-order valence-corrected chi connectivity index (χ3v) is 3.01. The van der Waals surface area contributed by atoms with Crippen molar-refractivity contribution in [2.45, 2.75) is 39.3 Å². The average molecular weight is 221 g/mol. The van der Waals surface area contributed by atoms with Crippen LogP contribution in [0.15, 0.2) is 24.5 Å². The highest BCUT2D eigenvalue weighted by molar-refractivity contribution is 5.09. The van der Waals surface area contributed by atoms with Crippen molar-refractivity contribution in [2.24, 2.45) is 5.73 Å². The van der Waals surface area contributed by atoms with Crippen molar-refractivity contribution in [1.29, 1.82) is 0 Å². The van der Waals surface area contributed by atoms with Gasteiger partial charge < -0.3 is 5.73 Å². The minimum absolute atomic E-state index is 0.636. The molecule has 0 spiro atoms. The van der Waals surface area contributed by atoms with Crippen LogP contribution in [0.2, 0.25) is 0 Å². The molecule has 0 saturated heterocycles. The summed E-state index contributed by atoms with van der Waals surface area (Å²) in [4.78, 5) is 6.51. The molecule has 3 heteroatoms. The second-order valence-corrected chi connectivity index (χ2v) is 4.08. The molecule has 1 heterocycles. The molecule has 1 aromatic heterocycles. The number of hydrogen-bond acceptors (Lipinski definition) is 3. The molecule has 0 bridgehead atoms. The second-order valence-electron chi connectivity index (χ2n) is 4.08. The van der Waals surface area contributed by atoms with E-state index in [1.54, 1.807) is 0 Å². The predicted molar refractivity (Wildman–Crippen MR) is 68.1 cm³/mol. The Kier molecular flexibility index (Phi) is 6.04. The Hall–Kier alpha value is -0.930. The van der Waals surface area contributed by atoms with E-state index in [9.17, 15) is 0 Å². The molecule has 2 N–H and O–H groups in total. The first kappa shape index (κ1) is 13.1. The molecular weight excluding hydrogens is 198 g/mol. The van der Waals surface area contributed by atoms with Gasteiger partial charge in [-0.05, 0) is 30.5 Å². The van der Waals surface area contributed by atoms with Gasteiger partial charge in [0, 0.05) is 38.1 Å². The Labute approximate surface area is 98.7 Å². The van der Waals surface area contributed by atoms with Crippen molar-refractivity contribution in [2.75, 3.05) is 13.1 Å². The number of nitrogens with two attached hydrogens (primary N) is 1. The fraction of sp³-hybridized carbons (Fsp3) is 0.615. The van der Waals surface area contributed by atoms with Gasteiger partial charge in [0.1, 0.15) is 0 Å². The highest BCUT2D eigenvalue weighted by Crippen LogP contribution is 2.12. The lowest BCUT2D eigenvalue weighted by molar-refractivity contribution is 0.182. The second kappa shape index (κ2) is 7.36. The van der Waals surface area contributed by atoms with E-state index in [1.165, 1.54) is 18.4 Å². The topological polar surface area (TPSA) is 42.1 Å². The maximum atomic E-state index is 5.68. The van der Waals surface area contributed by atoms with E-state index in [2.05, 4.69) is 35.9 Å². The molecule has 0 atom stereocenters. The Morgan fingerprint density at radius 1 is 1.25 bits per heavy atom. The van der Waals surface area contributed by atoms with Crippen molar-refractivity contribution in [3.8, 4) is 0 Å². The van der Waals surface area contributed by atoms with Crippen LogP contribution in [-0.2, 0) is 6.54 Å². The largest absolute Gasteiger partial charge is 0.329 e. The van der Waals surface area contributed by atoms with Gasteiger partial charge in [0.25, 0.3) is 0 Å². The van der Waals surface area contributed by atoms with Crippen LogP contribution in [-0.4, -0.2) is 29.0 Å². The molecular formula is C13H23N3. The number of hydrogen-bond donors (Lipinski definition) is 1. The number of nitrogens with zero attached hydrogens (tertiary/aromatic N) is 2. The highest BCUT2D eigenvalue weighted by Gasteiger charge is 2.14. The summed E-state index contributed by atoms with van der Waals surface area (Å²) in [5.41, 5.74) is 6.99. The van der Waals surface area contributed by atoms with Crippen LogP contribution in [0.5, 0.6) is 0 Å². The zero-order valence-corrected chi connectivity index (χ0v) is 10.4. The summed E-state index contributed by atoms with van der Waals surface area (Å²) in [7, 11) is 0. The molecule has 0 aliphatic heterocycles. The van der Waals surface area contributed by atoms with Gasteiger partial charge in [-0.3, -0.25) is 9.88 Å². The summed E-state index contributed by atoms with van der Waals surface area (Å²) < 4.78 is 0. The zero-order valence-electron chi connectivity index (χ0n) is 10.4. The minimum Gasteiger partial charge on any atom is -0.329 e. The van der Waals surface area contributed by atoms with Crippen molar-refractivity contribution in [1.82, 2.24) is 9.88 Å². The fourth-order valence-electron chi connectivity index (χ4n) is 2.08. The van der Waals surface area contributed by atoms with E-state index in [1.807, 2.05) is 12.4 Å². The summed E-state index contributed by atoms with van der Waals surface area (Å²) in [5, 5.41) is 0. The van der Waals surface area contributed by atoms with E-state index < -0.39 is 0 Å². The molecule has 16 heavy (non-hydrogen) atoms. The number of rotatable bonds is 7. The van der Waals surface area contributed by atoms with E-state index in [0.29, 0.717) is 6.04 Å². The molecule has 1 rings (SSSR count). The molecule has 0 fully saturated rings. The Morgan fingerprint density at radius 2 is 1.88 bits per heavy atom. The van der Waals surface area contributed by atoms with Gasteiger partial charge in [0.15, 0.2) is 0 Å². The van der Waals surface area contributed by atoms with Gasteiger partial charge in [-0.25, -0.2) is 0 Å². The van der Waals surface area contributed by atoms with Gasteiger partial charge in [-0.2, -0.15) is 0 Å². The molecule has 0 amide bonds. The van der Waals surface area contributed by atoms with Crippen LogP contribution in [0.25, 0.3) is 0 Å². The minimum atomic E-state index is 0.636. The normalized spacial score (nSPS) is 11.3. The summed E-state index contributed by atoms with van der Waals surface area (Å²) in [6.07, 6.45) is 6.06. The van der Waals surface area contributed by atoms with Crippen LogP contribution < -0.4 is 5.73 Å². The summed E-state index contributed by atoms with van der Waals surface area (Å²) in [6, 6.07) is 4.79. The van der Waals surface area contributed by atoms with E-state index in [0.717, 1.165) is 19.6 Å².